The number of aromatic nitrogens is 2. The lowest BCUT2D eigenvalue weighted by Crippen LogP contribution is -2.38. The van der Waals surface area contributed by atoms with E-state index in [1.165, 1.54) is 0 Å². The predicted molar refractivity (Wildman–Crippen MR) is 60.5 cm³/mol. The molecule has 0 saturated heterocycles. The molecule has 0 aliphatic rings. The minimum absolute atomic E-state index is 0.336. The average molecular weight is 240 g/mol. The molecule has 7 nitrogen and oxygen atoms in total. The van der Waals surface area contributed by atoms with Crippen LogP contribution in [0.15, 0.2) is 6.20 Å². The van der Waals surface area contributed by atoms with Crippen molar-refractivity contribution in [3.05, 3.63) is 17.5 Å². The Labute approximate surface area is 98.8 Å². The van der Waals surface area contributed by atoms with Crippen LogP contribution in [0.5, 0.6) is 0 Å². The summed E-state index contributed by atoms with van der Waals surface area (Å²) in [5.41, 5.74) is 1.85. The van der Waals surface area contributed by atoms with E-state index in [0.717, 1.165) is 17.7 Å². The molecule has 0 aromatic carbocycles. The molecule has 0 atom stereocenters. The summed E-state index contributed by atoms with van der Waals surface area (Å²) in [6, 6.07) is -0.502. The predicted octanol–water partition coefficient (Wildman–Crippen LogP) is -0.134. The highest BCUT2D eigenvalue weighted by Gasteiger charge is 2.08. The SMILES string of the molecule is CCc1nn(C)cc1CNC(=O)NCC(=O)O. The van der Waals surface area contributed by atoms with Crippen LogP contribution in [0, 0.1) is 0 Å². The zero-order chi connectivity index (χ0) is 12.8. The number of carboxylic acids is 1. The third kappa shape index (κ3) is 4.13. The van der Waals surface area contributed by atoms with E-state index >= 15 is 0 Å². The molecule has 1 aromatic rings. The topological polar surface area (TPSA) is 96.3 Å². The molecule has 1 aromatic heterocycles. The first-order valence-electron chi connectivity index (χ1n) is 5.27. The second-order valence-corrected chi connectivity index (χ2v) is 3.56. The number of carbonyl (C=O) groups excluding carboxylic acids is 1. The van der Waals surface area contributed by atoms with Crippen LogP contribution >= 0.6 is 0 Å². The third-order valence-corrected chi connectivity index (χ3v) is 2.17. The molecule has 0 fully saturated rings. The van der Waals surface area contributed by atoms with Crippen molar-refractivity contribution in [2.45, 2.75) is 19.9 Å². The first-order chi connectivity index (χ1) is 8.02. The van der Waals surface area contributed by atoms with Gasteiger partial charge in [-0.1, -0.05) is 6.92 Å². The first kappa shape index (κ1) is 13.0. The van der Waals surface area contributed by atoms with Crippen molar-refractivity contribution in [3.8, 4) is 0 Å². The molecule has 7 heteroatoms. The van der Waals surface area contributed by atoms with Crippen molar-refractivity contribution in [2.75, 3.05) is 6.54 Å². The van der Waals surface area contributed by atoms with E-state index in [-0.39, 0.29) is 6.54 Å². The standard InChI is InChI=1S/C10H16N4O3/c1-3-8-7(6-14(2)13-8)4-11-10(17)12-5-9(15)16/h6H,3-5H2,1-2H3,(H,15,16)(H2,11,12,17). The number of aliphatic carboxylic acids is 1. The third-order valence-electron chi connectivity index (χ3n) is 2.17. The van der Waals surface area contributed by atoms with Gasteiger partial charge >= 0.3 is 12.0 Å². The monoisotopic (exact) mass is 240 g/mol. The van der Waals surface area contributed by atoms with E-state index in [9.17, 15) is 9.59 Å². The summed E-state index contributed by atoms with van der Waals surface area (Å²) in [6.07, 6.45) is 2.62. The number of nitrogens with one attached hydrogen (secondary N) is 2. The van der Waals surface area contributed by atoms with Crippen LogP contribution in [0.25, 0.3) is 0 Å². The summed E-state index contributed by atoms with van der Waals surface area (Å²) in [6.45, 7) is 1.93. The molecular formula is C10H16N4O3. The molecule has 94 valence electrons. The number of amides is 2. The summed E-state index contributed by atoms with van der Waals surface area (Å²) < 4.78 is 1.69. The van der Waals surface area contributed by atoms with Crippen LogP contribution in [-0.4, -0.2) is 33.4 Å². The molecule has 0 bridgehead atoms. The fourth-order valence-corrected chi connectivity index (χ4v) is 1.42. The minimum Gasteiger partial charge on any atom is -0.480 e. The maximum Gasteiger partial charge on any atom is 0.323 e. The van der Waals surface area contributed by atoms with Gasteiger partial charge in [0.1, 0.15) is 6.54 Å². The Morgan fingerprint density at radius 3 is 2.76 bits per heavy atom. The van der Waals surface area contributed by atoms with Gasteiger partial charge < -0.3 is 15.7 Å². The molecular weight excluding hydrogens is 224 g/mol. The van der Waals surface area contributed by atoms with Crippen molar-refractivity contribution >= 4 is 12.0 Å². The molecule has 3 N–H and O–H groups in total. The molecule has 0 aliphatic heterocycles. The summed E-state index contributed by atoms with van der Waals surface area (Å²) in [5, 5.41) is 17.4. The maximum absolute atomic E-state index is 11.2. The Hall–Kier alpha value is -2.05. The van der Waals surface area contributed by atoms with Gasteiger partial charge in [-0.2, -0.15) is 5.10 Å². The Morgan fingerprint density at radius 2 is 2.18 bits per heavy atom. The Morgan fingerprint density at radius 1 is 1.47 bits per heavy atom. The molecule has 0 radical (unpaired) electrons. The van der Waals surface area contributed by atoms with Gasteiger partial charge in [-0.15, -0.1) is 0 Å². The van der Waals surface area contributed by atoms with Crippen LogP contribution in [0.3, 0.4) is 0 Å². The van der Waals surface area contributed by atoms with Crippen molar-refractivity contribution in [3.63, 3.8) is 0 Å². The van der Waals surface area contributed by atoms with E-state index in [1.54, 1.807) is 4.68 Å². The highest BCUT2D eigenvalue weighted by molar-refractivity contribution is 5.79. The van der Waals surface area contributed by atoms with Crippen LogP contribution in [-0.2, 0) is 24.8 Å². The number of rotatable bonds is 5. The van der Waals surface area contributed by atoms with Crippen molar-refractivity contribution in [2.24, 2.45) is 7.05 Å². The van der Waals surface area contributed by atoms with E-state index in [0.29, 0.717) is 6.54 Å². The highest BCUT2D eigenvalue weighted by Crippen LogP contribution is 2.06. The second-order valence-electron chi connectivity index (χ2n) is 3.56. The molecule has 17 heavy (non-hydrogen) atoms. The zero-order valence-electron chi connectivity index (χ0n) is 9.86. The lowest BCUT2D eigenvalue weighted by molar-refractivity contribution is -0.135. The summed E-state index contributed by atoms with van der Waals surface area (Å²) in [5.74, 6) is -1.07. The fourth-order valence-electron chi connectivity index (χ4n) is 1.42. The van der Waals surface area contributed by atoms with Gasteiger partial charge in [-0.25, -0.2) is 4.79 Å². The van der Waals surface area contributed by atoms with Crippen LogP contribution in [0.1, 0.15) is 18.2 Å². The number of aryl methyl sites for hydroxylation is 2. The lowest BCUT2D eigenvalue weighted by Gasteiger charge is -2.05. The molecule has 0 aliphatic carbocycles. The smallest absolute Gasteiger partial charge is 0.323 e. The molecule has 0 spiro atoms. The number of carbonyl (C=O) groups is 2. The van der Waals surface area contributed by atoms with Crippen LogP contribution in [0.2, 0.25) is 0 Å². The van der Waals surface area contributed by atoms with Gasteiger partial charge in [0.2, 0.25) is 0 Å². The van der Waals surface area contributed by atoms with E-state index in [1.807, 2.05) is 20.2 Å². The molecule has 1 rings (SSSR count). The number of hydrogen-bond donors (Lipinski definition) is 3. The normalized spacial score (nSPS) is 10.0. The molecule has 0 saturated carbocycles. The Bertz CT molecular complexity index is 414. The van der Waals surface area contributed by atoms with E-state index in [2.05, 4.69) is 15.7 Å². The van der Waals surface area contributed by atoms with E-state index < -0.39 is 12.0 Å². The number of hydrogen-bond acceptors (Lipinski definition) is 3. The summed E-state index contributed by atoms with van der Waals surface area (Å²) in [4.78, 5) is 21.4. The first-order valence-corrected chi connectivity index (χ1v) is 5.27. The molecule has 2 amide bonds. The van der Waals surface area contributed by atoms with Gasteiger partial charge in [-0.05, 0) is 6.42 Å². The van der Waals surface area contributed by atoms with Gasteiger partial charge in [0, 0.05) is 25.4 Å². The van der Waals surface area contributed by atoms with Gasteiger partial charge in [0.05, 0.1) is 5.69 Å². The number of nitrogens with zero attached hydrogens (tertiary/aromatic N) is 2. The van der Waals surface area contributed by atoms with Crippen molar-refractivity contribution < 1.29 is 14.7 Å². The zero-order valence-corrected chi connectivity index (χ0v) is 9.86. The van der Waals surface area contributed by atoms with Crippen LogP contribution in [0.4, 0.5) is 4.79 Å². The fraction of sp³-hybridized carbons (Fsp3) is 0.500. The Kier molecular flexibility index (Phi) is 4.50. The summed E-state index contributed by atoms with van der Waals surface area (Å²) >= 11 is 0. The lowest BCUT2D eigenvalue weighted by atomic mass is 10.2. The molecule has 0 unspecified atom stereocenters. The van der Waals surface area contributed by atoms with Crippen LogP contribution < -0.4 is 10.6 Å². The minimum atomic E-state index is -1.07. The number of urea groups is 1. The average Bonchev–Trinajstić information content (AvgIpc) is 2.64. The number of carboxylic acid groups (broad SMARTS) is 1. The highest BCUT2D eigenvalue weighted by atomic mass is 16.4. The Balaban J connectivity index is 2.44. The summed E-state index contributed by atoms with van der Waals surface area (Å²) in [7, 11) is 1.81. The van der Waals surface area contributed by atoms with Gasteiger partial charge in [0.15, 0.2) is 0 Å². The van der Waals surface area contributed by atoms with E-state index in [4.69, 9.17) is 5.11 Å². The largest absolute Gasteiger partial charge is 0.480 e. The maximum atomic E-state index is 11.2. The second kappa shape index (κ2) is 5.88. The van der Waals surface area contributed by atoms with Gasteiger partial charge in [0.25, 0.3) is 0 Å². The molecule has 1 heterocycles. The van der Waals surface area contributed by atoms with Gasteiger partial charge in [-0.3, -0.25) is 9.48 Å². The quantitative estimate of drug-likeness (QED) is 0.667. The van der Waals surface area contributed by atoms with Crippen molar-refractivity contribution in [1.82, 2.24) is 20.4 Å². The van der Waals surface area contributed by atoms with Crippen molar-refractivity contribution in [1.29, 1.82) is 0 Å².